The molecule has 0 aliphatic rings. The van der Waals surface area contributed by atoms with Gasteiger partial charge in [-0.1, -0.05) is 23.7 Å². The molecule has 0 radical (unpaired) electrons. The van der Waals surface area contributed by atoms with E-state index in [1.54, 1.807) is 0 Å². The molecule has 2 rings (SSSR count). The average Bonchev–Trinajstić information content (AvgIpc) is 2.59. The highest BCUT2D eigenvalue weighted by Crippen LogP contribution is 2.50. The summed E-state index contributed by atoms with van der Waals surface area (Å²) in [6.45, 7) is 0. The van der Waals surface area contributed by atoms with Gasteiger partial charge in [0.15, 0.2) is 0 Å². The van der Waals surface area contributed by atoms with Crippen LogP contribution in [0.5, 0.6) is 0 Å². The zero-order valence-electron chi connectivity index (χ0n) is 13.8. The van der Waals surface area contributed by atoms with Crippen LogP contribution >= 0.6 is 11.6 Å². The summed E-state index contributed by atoms with van der Waals surface area (Å²) in [4.78, 5) is 22.0. The van der Waals surface area contributed by atoms with Gasteiger partial charge in [-0.15, -0.1) is 0 Å². The standard InChI is InChI=1S/C16H9ClF6N2O4/c17-11-7-8(1-6-12(11)25(28)29)13(26)24-10-4-2-9(3-5-10)14(27,15(18,19)20)16(21,22)23/h1-7,27H,(H,24,26). The number of nitro benzene ring substituents is 1. The Morgan fingerprint density at radius 3 is 1.93 bits per heavy atom. The van der Waals surface area contributed by atoms with Crippen molar-refractivity contribution in [1.29, 1.82) is 0 Å². The van der Waals surface area contributed by atoms with Gasteiger partial charge in [0.1, 0.15) is 5.02 Å². The number of hydrogen-bond donors (Lipinski definition) is 2. The zero-order chi connectivity index (χ0) is 22.2. The second kappa shape index (κ2) is 7.52. The molecule has 0 fully saturated rings. The fourth-order valence-corrected chi connectivity index (χ4v) is 2.53. The minimum atomic E-state index is -6.04. The number of carbonyl (C=O) groups excluding carboxylic acids is 1. The number of anilines is 1. The van der Waals surface area contributed by atoms with Gasteiger partial charge in [-0.05, 0) is 24.3 Å². The third-order valence-corrected chi connectivity index (χ3v) is 4.09. The van der Waals surface area contributed by atoms with Crippen LogP contribution in [-0.2, 0) is 5.60 Å². The SMILES string of the molecule is O=C(Nc1ccc(C(O)(C(F)(F)F)C(F)(F)F)cc1)c1ccc([N+](=O)[O-])c(Cl)c1. The first-order valence-electron chi connectivity index (χ1n) is 7.40. The molecule has 2 N–H and O–H groups in total. The third kappa shape index (κ3) is 4.27. The monoisotopic (exact) mass is 442 g/mol. The molecule has 29 heavy (non-hydrogen) atoms. The highest BCUT2D eigenvalue weighted by atomic mass is 35.5. The van der Waals surface area contributed by atoms with E-state index in [4.69, 9.17) is 11.6 Å². The van der Waals surface area contributed by atoms with Crippen molar-refractivity contribution < 1.29 is 41.2 Å². The van der Waals surface area contributed by atoms with Crippen LogP contribution in [0.1, 0.15) is 15.9 Å². The highest BCUT2D eigenvalue weighted by Gasteiger charge is 2.71. The summed E-state index contributed by atoms with van der Waals surface area (Å²) in [5.41, 5.74) is -7.39. The Bertz CT molecular complexity index is 930. The second-order valence-electron chi connectivity index (χ2n) is 5.66. The summed E-state index contributed by atoms with van der Waals surface area (Å²) in [7, 11) is 0. The molecule has 13 heteroatoms. The number of alkyl halides is 6. The number of nitrogens with zero attached hydrogens (tertiary/aromatic N) is 1. The average molecular weight is 443 g/mol. The summed E-state index contributed by atoms with van der Waals surface area (Å²) in [5, 5.41) is 21.8. The Morgan fingerprint density at radius 2 is 1.52 bits per heavy atom. The minimum absolute atomic E-state index is 0.147. The second-order valence-corrected chi connectivity index (χ2v) is 6.07. The molecule has 0 atom stereocenters. The maximum absolute atomic E-state index is 12.8. The van der Waals surface area contributed by atoms with Gasteiger partial charge >= 0.3 is 12.4 Å². The molecule has 0 saturated heterocycles. The van der Waals surface area contributed by atoms with Crippen LogP contribution in [-0.4, -0.2) is 28.3 Å². The van der Waals surface area contributed by atoms with E-state index in [-0.39, 0.29) is 16.3 Å². The lowest BCUT2D eigenvalue weighted by molar-refractivity contribution is -0.384. The number of carbonyl (C=O) groups is 1. The molecular formula is C16H9ClF6N2O4. The molecule has 0 aliphatic carbocycles. The summed E-state index contributed by atoms with van der Waals surface area (Å²) in [5.74, 6) is -0.878. The smallest absolute Gasteiger partial charge is 0.369 e. The van der Waals surface area contributed by atoms with Crippen molar-refractivity contribution in [2.45, 2.75) is 18.0 Å². The van der Waals surface area contributed by atoms with Crippen LogP contribution < -0.4 is 5.32 Å². The minimum Gasteiger partial charge on any atom is -0.369 e. The van der Waals surface area contributed by atoms with E-state index in [2.05, 4.69) is 5.32 Å². The van der Waals surface area contributed by atoms with Gasteiger partial charge in [-0.3, -0.25) is 14.9 Å². The first-order valence-corrected chi connectivity index (χ1v) is 7.78. The molecule has 1 amide bonds. The molecule has 2 aromatic carbocycles. The van der Waals surface area contributed by atoms with E-state index in [0.717, 1.165) is 30.3 Å². The number of aliphatic hydroxyl groups is 1. The fourth-order valence-electron chi connectivity index (χ4n) is 2.28. The molecule has 6 nitrogen and oxygen atoms in total. The lowest BCUT2D eigenvalue weighted by Crippen LogP contribution is -2.53. The molecule has 2 aromatic rings. The van der Waals surface area contributed by atoms with Gasteiger partial charge in [0.2, 0.25) is 0 Å². The largest absolute Gasteiger partial charge is 0.430 e. The summed E-state index contributed by atoms with van der Waals surface area (Å²) in [6.07, 6.45) is -12.1. The van der Waals surface area contributed by atoms with E-state index in [0.29, 0.717) is 12.1 Å². The van der Waals surface area contributed by atoms with Crippen LogP contribution in [0.4, 0.5) is 37.7 Å². The van der Waals surface area contributed by atoms with Crippen molar-refractivity contribution in [3.63, 3.8) is 0 Å². The van der Waals surface area contributed by atoms with E-state index in [1.165, 1.54) is 0 Å². The van der Waals surface area contributed by atoms with Crippen molar-refractivity contribution in [3.05, 3.63) is 68.7 Å². The molecule has 0 aliphatic heterocycles. The first-order chi connectivity index (χ1) is 13.2. The van der Waals surface area contributed by atoms with E-state index in [1.807, 2.05) is 0 Å². The Labute approximate surface area is 162 Å². The number of nitro groups is 1. The highest BCUT2D eigenvalue weighted by molar-refractivity contribution is 6.33. The van der Waals surface area contributed by atoms with Crippen molar-refractivity contribution in [2.24, 2.45) is 0 Å². The van der Waals surface area contributed by atoms with Gasteiger partial charge in [-0.25, -0.2) is 0 Å². The summed E-state index contributed by atoms with van der Waals surface area (Å²) < 4.78 is 77.1. The third-order valence-electron chi connectivity index (χ3n) is 3.79. The topological polar surface area (TPSA) is 92.5 Å². The number of hydrogen-bond acceptors (Lipinski definition) is 4. The van der Waals surface area contributed by atoms with Gasteiger partial charge in [0.05, 0.1) is 4.92 Å². The lowest BCUT2D eigenvalue weighted by atomic mass is 9.92. The Balaban J connectivity index is 2.28. The van der Waals surface area contributed by atoms with Crippen LogP contribution in [0.2, 0.25) is 5.02 Å². The van der Waals surface area contributed by atoms with Crippen LogP contribution in [0.3, 0.4) is 0 Å². The van der Waals surface area contributed by atoms with E-state index >= 15 is 0 Å². The number of rotatable bonds is 4. The fraction of sp³-hybridized carbons (Fsp3) is 0.188. The van der Waals surface area contributed by atoms with Crippen molar-refractivity contribution in [2.75, 3.05) is 5.32 Å². The zero-order valence-corrected chi connectivity index (χ0v) is 14.6. The van der Waals surface area contributed by atoms with Crippen LogP contribution in [0.15, 0.2) is 42.5 Å². The molecule has 0 saturated carbocycles. The van der Waals surface area contributed by atoms with Crippen molar-refractivity contribution in [3.8, 4) is 0 Å². The maximum Gasteiger partial charge on any atom is 0.430 e. The predicted molar refractivity (Wildman–Crippen MR) is 88.5 cm³/mol. The molecular weight excluding hydrogens is 434 g/mol. The van der Waals surface area contributed by atoms with E-state index < -0.39 is 40.0 Å². The van der Waals surface area contributed by atoms with Crippen LogP contribution in [0.25, 0.3) is 0 Å². The van der Waals surface area contributed by atoms with E-state index in [9.17, 15) is 46.4 Å². The summed E-state index contributed by atoms with van der Waals surface area (Å²) >= 11 is 5.67. The molecule has 0 bridgehead atoms. The van der Waals surface area contributed by atoms with Crippen molar-refractivity contribution >= 4 is 28.9 Å². The number of nitrogens with one attached hydrogen (secondary N) is 1. The lowest BCUT2D eigenvalue weighted by Gasteiger charge is -2.32. The molecule has 0 spiro atoms. The molecule has 0 aromatic heterocycles. The quantitative estimate of drug-likeness (QED) is 0.404. The first kappa shape index (κ1) is 22.4. The Kier molecular flexibility index (Phi) is 5.82. The Hall–Kier alpha value is -2.86. The van der Waals surface area contributed by atoms with Gasteiger partial charge in [-0.2, -0.15) is 26.3 Å². The number of halogens is 7. The van der Waals surface area contributed by atoms with Gasteiger partial charge in [0, 0.05) is 22.9 Å². The Morgan fingerprint density at radius 1 is 1.00 bits per heavy atom. The maximum atomic E-state index is 12.8. The van der Waals surface area contributed by atoms with Gasteiger partial charge in [0.25, 0.3) is 17.2 Å². The number of amides is 1. The van der Waals surface area contributed by atoms with Crippen LogP contribution in [0, 0.1) is 10.1 Å². The normalized spacial score (nSPS) is 12.6. The molecule has 0 unspecified atom stereocenters. The number of benzene rings is 2. The predicted octanol–water partition coefficient (Wildman–Crippen LogP) is 4.81. The molecule has 156 valence electrons. The van der Waals surface area contributed by atoms with Gasteiger partial charge < -0.3 is 10.4 Å². The molecule has 0 heterocycles. The summed E-state index contributed by atoms with van der Waals surface area (Å²) in [6, 6.07) is 5.15. The van der Waals surface area contributed by atoms with Crippen molar-refractivity contribution in [1.82, 2.24) is 0 Å².